The zero-order valence-corrected chi connectivity index (χ0v) is 19.4. The van der Waals surface area contributed by atoms with Crippen molar-refractivity contribution in [2.45, 2.75) is 88.1 Å². The van der Waals surface area contributed by atoms with Crippen molar-refractivity contribution in [1.29, 1.82) is 0 Å². The van der Waals surface area contributed by atoms with Crippen LogP contribution in [0.25, 0.3) is 0 Å². The molecule has 4 bridgehead atoms. The first-order chi connectivity index (χ1) is 15.0. The minimum absolute atomic E-state index is 0.0782. The van der Waals surface area contributed by atoms with E-state index in [1.807, 2.05) is 6.08 Å². The van der Waals surface area contributed by atoms with Crippen LogP contribution < -0.4 is 4.74 Å². The van der Waals surface area contributed by atoms with Crippen molar-refractivity contribution in [3.8, 4) is 11.5 Å². The first-order valence-electron chi connectivity index (χ1n) is 12.3. The number of hydrogen-bond acceptors (Lipinski definition) is 5. The van der Waals surface area contributed by atoms with Gasteiger partial charge in [-0.1, -0.05) is 32.9 Å². The van der Waals surface area contributed by atoms with Gasteiger partial charge in [-0.3, -0.25) is 4.90 Å². The molecule has 172 valence electrons. The van der Waals surface area contributed by atoms with Crippen molar-refractivity contribution < 1.29 is 20.1 Å². The van der Waals surface area contributed by atoms with Gasteiger partial charge < -0.3 is 20.1 Å². The fraction of sp³-hybridized carbons (Fsp3) is 0.704. The molecule has 7 aliphatic rings. The number of phenolic OH excluding ortho intramolecular Hbond substituents is 1. The Kier molecular flexibility index (Phi) is 3.25. The lowest BCUT2D eigenvalue weighted by molar-refractivity contribution is -0.292. The Bertz CT molecular complexity index is 1080. The Hall–Kier alpha value is -1.56. The molecule has 0 unspecified atom stereocenters. The van der Waals surface area contributed by atoms with E-state index < -0.39 is 22.7 Å². The first-order valence-corrected chi connectivity index (χ1v) is 12.3. The lowest BCUT2D eigenvalue weighted by Gasteiger charge is -2.74. The summed E-state index contributed by atoms with van der Waals surface area (Å²) in [5.41, 5.74) is -0.837. The minimum Gasteiger partial charge on any atom is -0.504 e. The molecule has 2 heterocycles. The Labute approximate surface area is 190 Å². The van der Waals surface area contributed by atoms with E-state index in [0.717, 1.165) is 38.8 Å². The monoisotopic (exact) mass is 437 g/mol. The summed E-state index contributed by atoms with van der Waals surface area (Å²) in [6, 6.07) is 4.16. The lowest BCUT2D eigenvalue weighted by atomic mass is 9.33. The molecule has 1 saturated heterocycles. The number of likely N-dealkylation sites (tertiary alicyclic amines) is 1. The second kappa shape index (κ2) is 5.24. The average Bonchev–Trinajstić information content (AvgIpc) is 3.16. The predicted octanol–water partition coefficient (Wildman–Crippen LogP) is 3.29. The maximum Gasteiger partial charge on any atom is 0.165 e. The topological polar surface area (TPSA) is 73.2 Å². The molecular weight excluding hydrogens is 402 g/mol. The molecule has 5 heteroatoms. The number of fused-ring (bicyclic) bond motifs is 1. The third-order valence-corrected chi connectivity index (χ3v) is 11.2. The number of nitrogens with zero attached hydrogens (tertiary/aromatic N) is 1. The zero-order valence-electron chi connectivity index (χ0n) is 19.4. The fourth-order valence-corrected chi connectivity index (χ4v) is 9.88. The van der Waals surface area contributed by atoms with Crippen LogP contribution in [0.4, 0.5) is 0 Å². The van der Waals surface area contributed by atoms with Gasteiger partial charge in [0.05, 0.1) is 5.60 Å². The van der Waals surface area contributed by atoms with Crippen LogP contribution in [0.15, 0.2) is 24.8 Å². The molecule has 5 aliphatic carbocycles. The molecule has 1 aromatic rings. The maximum atomic E-state index is 12.5. The van der Waals surface area contributed by atoms with Crippen LogP contribution in [0, 0.1) is 16.2 Å². The number of rotatable bonds is 2. The third kappa shape index (κ3) is 1.66. The maximum absolute atomic E-state index is 12.5. The summed E-state index contributed by atoms with van der Waals surface area (Å²) in [6.45, 7) is 12.1. The largest absolute Gasteiger partial charge is 0.504 e. The van der Waals surface area contributed by atoms with Crippen LogP contribution in [0.1, 0.15) is 64.0 Å². The summed E-state index contributed by atoms with van der Waals surface area (Å²) in [7, 11) is 0. The highest BCUT2D eigenvalue weighted by molar-refractivity contribution is 5.64. The molecule has 8 rings (SSSR count). The van der Waals surface area contributed by atoms with E-state index in [1.54, 1.807) is 6.07 Å². The van der Waals surface area contributed by atoms with Gasteiger partial charge in [-0.15, -0.1) is 6.58 Å². The average molecular weight is 438 g/mol. The number of aliphatic hydroxyl groups is 2. The van der Waals surface area contributed by atoms with E-state index in [-0.39, 0.29) is 22.0 Å². The summed E-state index contributed by atoms with van der Waals surface area (Å²) >= 11 is 0. The van der Waals surface area contributed by atoms with Crippen LogP contribution >= 0.6 is 0 Å². The Balaban J connectivity index is 1.51. The molecule has 3 N–H and O–H groups in total. The molecule has 3 spiro atoms. The molecule has 5 nitrogen and oxygen atoms in total. The predicted molar refractivity (Wildman–Crippen MR) is 121 cm³/mol. The SMILES string of the molecule is C=CCN1CC[C@]23c4c5ccc(O)c4O[C@H]2[C@@]2(O)CC[C@@]3(C[C@@]23C[C@@]3(O)C(C)(C)C)[C@H]1C5. The number of phenols is 1. The van der Waals surface area contributed by atoms with E-state index in [4.69, 9.17) is 4.74 Å². The second-order valence-corrected chi connectivity index (χ2v) is 12.8. The van der Waals surface area contributed by atoms with E-state index in [1.165, 1.54) is 11.1 Å². The standard InChI is InChI=1S/C27H35NO4/c1-5-11-28-12-10-25-19-16-6-7-17(29)20(19)32-21(25)26(30)9-8-23(25,18(28)13-16)14-24(26)15-27(24,31)22(2,3)4/h5-7,18,21,29-31H,1,8-15H2,2-4H3/t18-,21-,23-,24-,25+,26+,27-/m1/s1. The van der Waals surface area contributed by atoms with Crippen molar-refractivity contribution in [3.63, 3.8) is 0 Å². The molecule has 0 aromatic heterocycles. The summed E-state index contributed by atoms with van der Waals surface area (Å²) < 4.78 is 6.67. The molecule has 0 radical (unpaired) electrons. The van der Waals surface area contributed by atoms with Gasteiger partial charge in [0.2, 0.25) is 0 Å². The summed E-state index contributed by atoms with van der Waals surface area (Å²) in [5.74, 6) is 0.790. The molecule has 1 aromatic carbocycles. The van der Waals surface area contributed by atoms with Gasteiger partial charge in [-0.2, -0.15) is 0 Å². The number of benzene rings is 1. The highest BCUT2D eigenvalue weighted by atomic mass is 16.5. The Morgan fingerprint density at radius 2 is 1.97 bits per heavy atom. The van der Waals surface area contributed by atoms with Gasteiger partial charge in [-0.05, 0) is 62.1 Å². The molecule has 0 amide bonds. The summed E-state index contributed by atoms with van der Waals surface area (Å²) in [6.07, 6.45) is 6.49. The van der Waals surface area contributed by atoms with Crippen LogP contribution in [0.3, 0.4) is 0 Å². The van der Waals surface area contributed by atoms with Gasteiger partial charge in [0.25, 0.3) is 0 Å². The van der Waals surface area contributed by atoms with Crippen LogP contribution in [-0.2, 0) is 11.8 Å². The Morgan fingerprint density at radius 1 is 1.19 bits per heavy atom. The van der Waals surface area contributed by atoms with Crippen LogP contribution in [-0.4, -0.2) is 56.7 Å². The van der Waals surface area contributed by atoms with Crippen LogP contribution in [0.2, 0.25) is 0 Å². The molecule has 7 atom stereocenters. The smallest absolute Gasteiger partial charge is 0.165 e. The summed E-state index contributed by atoms with van der Waals surface area (Å²) in [4.78, 5) is 2.59. The number of piperidine rings is 1. The van der Waals surface area contributed by atoms with Crippen molar-refractivity contribution in [2.75, 3.05) is 13.1 Å². The quantitative estimate of drug-likeness (QED) is 0.620. The first kappa shape index (κ1) is 19.9. The van der Waals surface area contributed by atoms with Gasteiger partial charge in [0.15, 0.2) is 11.5 Å². The van der Waals surface area contributed by atoms with E-state index in [2.05, 4.69) is 38.3 Å². The fourth-order valence-electron chi connectivity index (χ4n) is 9.88. The number of hydrogen-bond donors (Lipinski definition) is 3. The van der Waals surface area contributed by atoms with Gasteiger partial charge in [0, 0.05) is 34.4 Å². The van der Waals surface area contributed by atoms with Crippen molar-refractivity contribution >= 4 is 0 Å². The highest BCUT2D eigenvalue weighted by Crippen LogP contribution is 2.86. The molecule has 5 fully saturated rings. The normalized spacial score (nSPS) is 49.7. The van der Waals surface area contributed by atoms with E-state index in [9.17, 15) is 15.3 Å². The molecule has 32 heavy (non-hydrogen) atoms. The zero-order chi connectivity index (χ0) is 22.5. The van der Waals surface area contributed by atoms with Gasteiger partial charge in [-0.25, -0.2) is 0 Å². The van der Waals surface area contributed by atoms with Crippen molar-refractivity contribution in [2.24, 2.45) is 16.2 Å². The van der Waals surface area contributed by atoms with Crippen LogP contribution in [0.5, 0.6) is 11.5 Å². The summed E-state index contributed by atoms with van der Waals surface area (Å²) in [5, 5.41) is 35.3. The second-order valence-electron chi connectivity index (χ2n) is 12.8. The van der Waals surface area contributed by atoms with Crippen molar-refractivity contribution in [1.82, 2.24) is 4.90 Å². The number of ether oxygens (including phenoxy) is 1. The highest BCUT2D eigenvalue weighted by Gasteiger charge is 2.92. The third-order valence-electron chi connectivity index (χ3n) is 11.2. The molecule has 2 aliphatic heterocycles. The molecule has 4 saturated carbocycles. The van der Waals surface area contributed by atoms with E-state index >= 15 is 0 Å². The van der Waals surface area contributed by atoms with E-state index in [0.29, 0.717) is 24.6 Å². The van der Waals surface area contributed by atoms with Gasteiger partial charge in [0.1, 0.15) is 11.7 Å². The lowest BCUT2D eigenvalue weighted by Crippen LogP contribution is -2.82. The molecular formula is C27H35NO4. The number of aromatic hydroxyl groups is 1. The Morgan fingerprint density at radius 3 is 2.66 bits per heavy atom. The minimum atomic E-state index is -1.10. The van der Waals surface area contributed by atoms with Gasteiger partial charge >= 0.3 is 0 Å². The van der Waals surface area contributed by atoms with Crippen molar-refractivity contribution in [3.05, 3.63) is 35.9 Å².